The molecule has 1 aromatic rings. The lowest BCUT2D eigenvalue weighted by Crippen LogP contribution is -2.32. The molecular weight excluding hydrogens is 292 g/mol. The molecule has 2 N–H and O–H groups in total. The quantitative estimate of drug-likeness (QED) is 0.895. The molecule has 1 fully saturated rings. The number of carbonyl (C=O) groups is 2. The number of aryl methyl sites for hydroxylation is 1. The van der Waals surface area contributed by atoms with Gasteiger partial charge in [0.1, 0.15) is 0 Å². The number of amides is 1. The summed E-state index contributed by atoms with van der Waals surface area (Å²) in [5, 5.41) is 12.4. The number of carboxylic acids is 1. The van der Waals surface area contributed by atoms with Crippen LogP contribution in [0.4, 0.5) is 5.69 Å². The Morgan fingerprint density at radius 3 is 2.71 bits per heavy atom. The Balaban J connectivity index is 1.92. The van der Waals surface area contributed by atoms with Gasteiger partial charge in [0.05, 0.1) is 23.2 Å². The van der Waals surface area contributed by atoms with Crippen LogP contribution in [0.15, 0.2) is 18.2 Å². The fourth-order valence-electron chi connectivity index (χ4n) is 2.63. The van der Waals surface area contributed by atoms with Gasteiger partial charge in [0.25, 0.3) is 0 Å². The summed E-state index contributed by atoms with van der Waals surface area (Å²) in [4.78, 5) is 25.0. The number of nitrogens with zero attached hydrogens (tertiary/aromatic N) is 1. The molecule has 2 rings (SSSR count). The lowest BCUT2D eigenvalue weighted by atomic mass is 9.99. The summed E-state index contributed by atoms with van der Waals surface area (Å²) in [5.74, 6) is -1.33. The monoisotopic (exact) mass is 310 g/mol. The summed E-state index contributed by atoms with van der Waals surface area (Å²) in [6.07, 6.45) is 0. The molecule has 2 atom stereocenters. The van der Waals surface area contributed by atoms with E-state index in [9.17, 15) is 9.59 Å². The summed E-state index contributed by atoms with van der Waals surface area (Å²) in [6, 6.07) is 5.43. The van der Waals surface area contributed by atoms with E-state index in [1.165, 1.54) is 0 Å². The first-order valence-corrected chi connectivity index (χ1v) is 7.25. The predicted octanol–water partition coefficient (Wildman–Crippen LogP) is 2.24. The highest BCUT2D eigenvalue weighted by atomic mass is 35.5. The summed E-state index contributed by atoms with van der Waals surface area (Å²) in [5.41, 5.74) is 1.60. The van der Waals surface area contributed by atoms with Crippen LogP contribution in [0.3, 0.4) is 0 Å². The fraction of sp³-hybridized carbons (Fsp3) is 0.467. The average Bonchev–Trinajstić information content (AvgIpc) is 2.74. The number of nitrogens with one attached hydrogen (secondary N) is 1. The molecule has 1 aliphatic rings. The van der Waals surface area contributed by atoms with Crippen molar-refractivity contribution in [1.29, 1.82) is 0 Å². The van der Waals surface area contributed by atoms with Crippen molar-refractivity contribution >= 4 is 29.2 Å². The van der Waals surface area contributed by atoms with E-state index in [0.717, 1.165) is 5.56 Å². The first-order chi connectivity index (χ1) is 9.86. The Bertz CT molecular complexity index is 562. The van der Waals surface area contributed by atoms with E-state index in [0.29, 0.717) is 23.8 Å². The molecular formula is C15H19ClN2O3. The standard InChI is InChI=1S/C15H19ClN2O3/c1-9-3-4-13(12(16)5-9)17-14(19)8-18-6-10(2)11(7-18)15(20)21/h3-5,10-11H,6-8H2,1-2H3,(H,17,19)(H,20,21). The van der Waals surface area contributed by atoms with Gasteiger partial charge in [0.15, 0.2) is 0 Å². The minimum absolute atomic E-state index is 0.0539. The molecule has 2 unspecified atom stereocenters. The van der Waals surface area contributed by atoms with Gasteiger partial charge in [-0.1, -0.05) is 24.6 Å². The molecule has 1 amide bonds. The van der Waals surface area contributed by atoms with E-state index in [4.69, 9.17) is 16.7 Å². The van der Waals surface area contributed by atoms with Crippen LogP contribution < -0.4 is 5.32 Å². The normalized spacial score (nSPS) is 22.2. The molecule has 1 saturated heterocycles. The minimum atomic E-state index is -0.799. The van der Waals surface area contributed by atoms with Crippen molar-refractivity contribution in [1.82, 2.24) is 4.90 Å². The Morgan fingerprint density at radius 2 is 2.14 bits per heavy atom. The molecule has 114 valence electrons. The number of hydrogen-bond donors (Lipinski definition) is 2. The van der Waals surface area contributed by atoms with Crippen molar-refractivity contribution < 1.29 is 14.7 Å². The van der Waals surface area contributed by atoms with Gasteiger partial charge in [-0.15, -0.1) is 0 Å². The largest absolute Gasteiger partial charge is 0.481 e. The molecule has 0 saturated carbocycles. The maximum atomic E-state index is 12.0. The molecule has 6 heteroatoms. The lowest BCUT2D eigenvalue weighted by Gasteiger charge is -2.15. The molecule has 0 aliphatic carbocycles. The number of halogens is 1. The van der Waals surface area contributed by atoms with E-state index < -0.39 is 11.9 Å². The Morgan fingerprint density at radius 1 is 1.43 bits per heavy atom. The highest BCUT2D eigenvalue weighted by Crippen LogP contribution is 2.24. The highest BCUT2D eigenvalue weighted by molar-refractivity contribution is 6.33. The van der Waals surface area contributed by atoms with Crippen LogP contribution in [0.25, 0.3) is 0 Å². The molecule has 1 aliphatic heterocycles. The van der Waals surface area contributed by atoms with Crippen molar-refractivity contribution in [3.05, 3.63) is 28.8 Å². The zero-order valence-corrected chi connectivity index (χ0v) is 12.9. The SMILES string of the molecule is Cc1ccc(NC(=O)CN2CC(C)C(C(=O)O)C2)c(Cl)c1. The molecule has 1 heterocycles. The third kappa shape index (κ3) is 3.95. The van der Waals surface area contributed by atoms with Crippen molar-refractivity contribution in [3.8, 4) is 0 Å². The third-order valence-corrected chi connectivity index (χ3v) is 4.08. The van der Waals surface area contributed by atoms with Crippen LogP contribution in [0.2, 0.25) is 5.02 Å². The van der Waals surface area contributed by atoms with Gasteiger partial charge >= 0.3 is 5.97 Å². The van der Waals surface area contributed by atoms with Crippen molar-refractivity contribution in [3.63, 3.8) is 0 Å². The second kappa shape index (κ2) is 6.45. The number of hydrogen-bond acceptors (Lipinski definition) is 3. The van der Waals surface area contributed by atoms with Gasteiger partial charge in [-0.2, -0.15) is 0 Å². The van der Waals surface area contributed by atoms with Crippen LogP contribution in [0, 0.1) is 18.8 Å². The predicted molar refractivity (Wildman–Crippen MR) is 81.5 cm³/mol. The number of benzene rings is 1. The summed E-state index contributed by atoms with van der Waals surface area (Å²) in [6.45, 7) is 5.03. The fourth-order valence-corrected chi connectivity index (χ4v) is 2.91. The zero-order chi connectivity index (χ0) is 15.6. The van der Waals surface area contributed by atoms with E-state index in [-0.39, 0.29) is 18.4 Å². The maximum absolute atomic E-state index is 12.0. The van der Waals surface area contributed by atoms with Gasteiger partial charge in [0, 0.05) is 13.1 Å². The first-order valence-electron chi connectivity index (χ1n) is 6.88. The second-order valence-corrected chi connectivity index (χ2v) is 6.05. The highest BCUT2D eigenvalue weighted by Gasteiger charge is 2.35. The molecule has 0 bridgehead atoms. The molecule has 21 heavy (non-hydrogen) atoms. The summed E-state index contributed by atoms with van der Waals surface area (Å²) in [7, 11) is 0. The van der Waals surface area contributed by atoms with Crippen LogP contribution >= 0.6 is 11.6 Å². The molecule has 0 spiro atoms. The van der Waals surface area contributed by atoms with Crippen LogP contribution in [0.1, 0.15) is 12.5 Å². The minimum Gasteiger partial charge on any atom is -0.481 e. The van der Waals surface area contributed by atoms with Gasteiger partial charge in [-0.3, -0.25) is 14.5 Å². The van der Waals surface area contributed by atoms with Crippen LogP contribution in [0.5, 0.6) is 0 Å². The van der Waals surface area contributed by atoms with E-state index in [1.807, 2.05) is 24.8 Å². The van der Waals surface area contributed by atoms with Crippen LogP contribution in [-0.2, 0) is 9.59 Å². The van der Waals surface area contributed by atoms with E-state index in [2.05, 4.69) is 5.32 Å². The smallest absolute Gasteiger partial charge is 0.308 e. The summed E-state index contributed by atoms with van der Waals surface area (Å²) >= 11 is 6.07. The number of likely N-dealkylation sites (tertiary alicyclic amines) is 1. The lowest BCUT2D eigenvalue weighted by molar-refractivity contribution is -0.142. The maximum Gasteiger partial charge on any atom is 0.308 e. The number of carboxylic acid groups (broad SMARTS) is 1. The number of rotatable bonds is 4. The van der Waals surface area contributed by atoms with Crippen molar-refractivity contribution in [2.45, 2.75) is 13.8 Å². The summed E-state index contributed by atoms with van der Waals surface area (Å²) < 4.78 is 0. The van der Waals surface area contributed by atoms with Gasteiger partial charge in [-0.25, -0.2) is 0 Å². The Labute approximate surface area is 128 Å². The molecule has 1 aromatic carbocycles. The van der Waals surface area contributed by atoms with Gasteiger partial charge < -0.3 is 10.4 Å². The van der Waals surface area contributed by atoms with Gasteiger partial charge in [-0.05, 0) is 30.5 Å². The Kier molecular flexibility index (Phi) is 4.85. The molecule has 0 aromatic heterocycles. The molecule has 0 radical (unpaired) electrons. The average molecular weight is 311 g/mol. The van der Waals surface area contributed by atoms with Crippen LogP contribution in [-0.4, -0.2) is 41.5 Å². The van der Waals surface area contributed by atoms with Crippen molar-refractivity contribution in [2.75, 3.05) is 25.0 Å². The van der Waals surface area contributed by atoms with E-state index in [1.54, 1.807) is 12.1 Å². The van der Waals surface area contributed by atoms with Crippen molar-refractivity contribution in [2.24, 2.45) is 11.8 Å². The Hall–Kier alpha value is -1.59. The first kappa shape index (κ1) is 15.8. The number of carbonyl (C=O) groups excluding carboxylic acids is 1. The number of aliphatic carboxylic acids is 1. The third-order valence-electron chi connectivity index (χ3n) is 3.77. The van der Waals surface area contributed by atoms with Gasteiger partial charge in [0.2, 0.25) is 5.91 Å². The second-order valence-electron chi connectivity index (χ2n) is 5.65. The molecule has 5 nitrogen and oxygen atoms in total. The zero-order valence-electron chi connectivity index (χ0n) is 12.1. The topological polar surface area (TPSA) is 69.6 Å². The van der Waals surface area contributed by atoms with E-state index >= 15 is 0 Å². The number of anilines is 1.